The number of aliphatic hydroxyl groups excluding tert-OH is 1. The first-order valence-electron chi connectivity index (χ1n) is 6.10. The van der Waals surface area contributed by atoms with E-state index in [2.05, 4.69) is 5.10 Å². The van der Waals surface area contributed by atoms with Crippen LogP contribution in [0.25, 0.3) is 0 Å². The highest BCUT2D eigenvalue weighted by Crippen LogP contribution is 2.16. The van der Waals surface area contributed by atoms with Crippen LogP contribution in [-0.4, -0.2) is 27.6 Å². The molecule has 0 aliphatic heterocycles. The summed E-state index contributed by atoms with van der Waals surface area (Å²) in [6.07, 6.45) is -0.0456. The standard InChI is InChI=1S/C14H17ClN2O2/c1-10-7-12(17(2)16-10)8-13(18)9-19-14-5-3-11(15)4-6-14/h3-7,13,18H,8-9H2,1-2H3. The second-order valence-electron chi connectivity index (χ2n) is 4.52. The molecule has 0 saturated carbocycles. The van der Waals surface area contributed by atoms with E-state index in [0.29, 0.717) is 17.2 Å². The Morgan fingerprint density at radius 1 is 1.37 bits per heavy atom. The molecule has 0 radical (unpaired) electrons. The third-order valence-electron chi connectivity index (χ3n) is 2.80. The highest BCUT2D eigenvalue weighted by atomic mass is 35.5. The molecule has 0 bridgehead atoms. The predicted octanol–water partition coefficient (Wildman–Crippen LogP) is 2.36. The molecule has 0 spiro atoms. The van der Waals surface area contributed by atoms with E-state index >= 15 is 0 Å². The third kappa shape index (κ3) is 3.98. The molecule has 102 valence electrons. The number of benzene rings is 1. The van der Waals surface area contributed by atoms with E-state index in [1.165, 1.54) is 0 Å². The van der Waals surface area contributed by atoms with E-state index in [-0.39, 0.29) is 6.61 Å². The molecule has 0 amide bonds. The maximum Gasteiger partial charge on any atom is 0.119 e. The van der Waals surface area contributed by atoms with Crippen LogP contribution in [0, 0.1) is 6.92 Å². The van der Waals surface area contributed by atoms with Gasteiger partial charge in [0.25, 0.3) is 0 Å². The lowest BCUT2D eigenvalue weighted by molar-refractivity contribution is 0.106. The van der Waals surface area contributed by atoms with Gasteiger partial charge in [-0.1, -0.05) is 11.6 Å². The Kier molecular flexibility index (Phi) is 4.45. The fraction of sp³-hybridized carbons (Fsp3) is 0.357. The van der Waals surface area contributed by atoms with Crippen LogP contribution in [0.15, 0.2) is 30.3 Å². The van der Waals surface area contributed by atoms with Crippen LogP contribution in [0.5, 0.6) is 5.75 Å². The van der Waals surface area contributed by atoms with E-state index in [9.17, 15) is 5.11 Å². The van der Waals surface area contributed by atoms with Crippen molar-refractivity contribution in [3.63, 3.8) is 0 Å². The summed E-state index contributed by atoms with van der Waals surface area (Å²) in [6, 6.07) is 9.04. The Balaban J connectivity index is 1.86. The fourth-order valence-corrected chi connectivity index (χ4v) is 2.00. The molecule has 0 fully saturated rings. The summed E-state index contributed by atoms with van der Waals surface area (Å²) in [5.41, 5.74) is 1.94. The molecule has 1 heterocycles. The molecular formula is C14H17ClN2O2. The van der Waals surface area contributed by atoms with Gasteiger partial charge in [-0.2, -0.15) is 5.10 Å². The Hall–Kier alpha value is -1.52. The molecule has 5 heteroatoms. The molecular weight excluding hydrogens is 264 g/mol. The Bertz CT molecular complexity index is 537. The van der Waals surface area contributed by atoms with Gasteiger partial charge in [0.05, 0.1) is 11.8 Å². The molecule has 1 N–H and O–H groups in total. The van der Waals surface area contributed by atoms with Crippen LogP contribution in [0.4, 0.5) is 0 Å². The van der Waals surface area contributed by atoms with Gasteiger partial charge in [-0.15, -0.1) is 0 Å². The molecule has 1 aromatic heterocycles. The molecule has 1 unspecified atom stereocenters. The Morgan fingerprint density at radius 2 is 2.05 bits per heavy atom. The largest absolute Gasteiger partial charge is 0.491 e. The van der Waals surface area contributed by atoms with Crippen molar-refractivity contribution in [2.45, 2.75) is 19.4 Å². The quantitative estimate of drug-likeness (QED) is 0.915. The first-order chi connectivity index (χ1) is 9.04. The lowest BCUT2D eigenvalue weighted by Gasteiger charge is -2.12. The van der Waals surface area contributed by atoms with E-state index in [0.717, 1.165) is 11.4 Å². The van der Waals surface area contributed by atoms with Gasteiger partial charge >= 0.3 is 0 Å². The zero-order valence-electron chi connectivity index (χ0n) is 11.0. The van der Waals surface area contributed by atoms with Gasteiger partial charge in [0.15, 0.2) is 0 Å². The molecule has 19 heavy (non-hydrogen) atoms. The SMILES string of the molecule is Cc1cc(CC(O)COc2ccc(Cl)cc2)n(C)n1. The number of aryl methyl sites for hydroxylation is 2. The van der Waals surface area contributed by atoms with Gasteiger partial charge in [0.1, 0.15) is 12.4 Å². The number of nitrogens with zero attached hydrogens (tertiary/aromatic N) is 2. The highest BCUT2D eigenvalue weighted by molar-refractivity contribution is 6.30. The van der Waals surface area contributed by atoms with Crippen molar-refractivity contribution < 1.29 is 9.84 Å². The summed E-state index contributed by atoms with van der Waals surface area (Å²) < 4.78 is 7.28. The summed E-state index contributed by atoms with van der Waals surface area (Å²) in [4.78, 5) is 0. The lowest BCUT2D eigenvalue weighted by Crippen LogP contribution is -2.21. The van der Waals surface area contributed by atoms with Gasteiger partial charge in [0, 0.05) is 24.2 Å². The van der Waals surface area contributed by atoms with Crippen molar-refractivity contribution in [1.82, 2.24) is 9.78 Å². The van der Waals surface area contributed by atoms with E-state index in [4.69, 9.17) is 16.3 Å². The zero-order valence-corrected chi connectivity index (χ0v) is 11.8. The van der Waals surface area contributed by atoms with Crippen LogP contribution >= 0.6 is 11.6 Å². The molecule has 1 aromatic carbocycles. The fourth-order valence-electron chi connectivity index (χ4n) is 1.88. The number of rotatable bonds is 5. The number of ether oxygens (including phenoxy) is 1. The summed E-state index contributed by atoms with van der Waals surface area (Å²) in [6.45, 7) is 2.17. The predicted molar refractivity (Wildman–Crippen MR) is 74.6 cm³/mol. The van der Waals surface area contributed by atoms with Gasteiger partial charge in [-0.05, 0) is 37.3 Å². The first kappa shape index (κ1) is 13.9. The summed E-state index contributed by atoms with van der Waals surface area (Å²) in [5, 5.41) is 14.9. The zero-order chi connectivity index (χ0) is 13.8. The number of hydrogen-bond acceptors (Lipinski definition) is 3. The minimum Gasteiger partial charge on any atom is -0.491 e. The van der Waals surface area contributed by atoms with Crippen LogP contribution in [0.1, 0.15) is 11.4 Å². The topological polar surface area (TPSA) is 47.3 Å². The van der Waals surface area contributed by atoms with Crippen molar-refractivity contribution in [2.24, 2.45) is 7.05 Å². The minimum absolute atomic E-state index is 0.242. The van der Waals surface area contributed by atoms with Gasteiger partial charge in [-0.25, -0.2) is 0 Å². The maximum absolute atomic E-state index is 9.96. The average molecular weight is 281 g/mol. The molecule has 1 atom stereocenters. The van der Waals surface area contributed by atoms with Crippen molar-refractivity contribution in [3.8, 4) is 5.75 Å². The van der Waals surface area contributed by atoms with Crippen molar-refractivity contribution in [2.75, 3.05) is 6.61 Å². The van der Waals surface area contributed by atoms with Gasteiger partial charge < -0.3 is 9.84 Å². The van der Waals surface area contributed by atoms with Crippen molar-refractivity contribution >= 4 is 11.6 Å². The lowest BCUT2D eigenvalue weighted by atomic mass is 10.2. The van der Waals surface area contributed by atoms with Gasteiger partial charge in [-0.3, -0.25) is 4.68 Å². The number of aromatic nitrogens is 2. The van der Waals surface area contributed by atoms with Crippen LogP contribution in [0.2, 0.25) is 5.02 Å². The second kappa shape index (κ2) is 6.08. The smallest absolute Gasteiger partial charge is 0.119 e. The summed E-state index contributed by atoms with van der Waals surface area (Å²) >= 11 is 5.79. The van der Waals surface area contributed by atoms with Crippen LogP contribution < -0.4 is 4.74 Å². The Labute approximate surface area is 117 Å². The molecule has 0 aliphatic carbocycles. The average Bonchev–Trinajstić information content (AvgIpc) is 2.67. The molecule has 4 nitrogen and oxygen atoms in total. The van der Waals surface area contributed by atoms with Crippen LogP contribution in [-0.2, 0) is 13.5 Å². The summed E-state index contributed by atoms with van der Waals surface area (Å²) in [5.74, 6) is 0.699. The maximum atomic E-state index is 9.96. The molecule has 0 aliphatic rings. The van der Waals surface area contributed by atoms with E-state index in [1.807, 2.05) is 20.0 Å². The summed E-state index contributed by atoms with van der Waals surface area (Å²) in [7, 11) is 1.87. The van der Waals surface area contributed by atoms with E-state index < -0.39 is 6.10 Å². The third-order valence-corrected chi connectivity index (χ3v) is 3.05. The van der Waals surface area contributed by atoms with Crippen molar-refractivity contribution in [3.05, 3.63) is 46.7 Å². The number of halogens is 1. The number of aliphatic hydroxyl groups is 1. The van der Waals surface area contributed by atoms with Crippen molar-refractivity contribution in [1.29, 1.82) is 0 Å². The highest BCUT2D eigenvalue weighted by Gasteiger charge is 2.10. The first-order valence-corrected chi connectivity index (χ1v) is 6.48. The van der Waals surface area contributed by atoms with E-state index in [1.54, 1.807) is 28.9 Å². The Morgan fingerprint density at radius 3 is 2.63 bits per heavy atom. The van der Waals surface area contributed by atoms with Crippen LogP contribution in [0.3, 0.4) is 0 Å². The number of hydrogen-bond donors (Lipinski definition) is 1. The minimum atomic E-state index is -0.564. The molecule has 2 rings (SSSR count). The second-order valence-corrected chi connectivity index (χ2v) is 4.96. The van der Waals surface area contributed by atoms with Gasteiger partial charge in [0.2, 0.25) is 0 Å². The monoisotopic (exact) mass is 280 g/mol. The molecule has 2 aromatic rings. The normalized spacial score (nSPS) is 12.4. The molecule has 0 saturated heterocycles.